The molecular weight excluding hydrogens is 158 g/mol. The van der Waals surface area contributed by atoms with Gasteiger partial charge in [-0.3, -0.25) is 4.84 Å². The number of β-amino-alcohol motifs (C(OH)–C–C–N with tert-alkyl or cyclic N) is 1. The number of aliphatic hydroxyl groups excluding tert-OH is 1. The van der Waals surface area contributed by atoms with Gasteiger partial charge in [0.15, 0.2) is 0 Å². The molecule has 12 heavy (non-hydrogen) atoms. The van der Waals surface area contributed by atoms with Crippen LogP contribution in [0.5, 0.6) is 0 Å². The van der Waals surface area contributed by atoms with Crippen LogP contribution < -0.4 is 0 Å². The zero-order valence-electron chi connectivity index (χ0n) is 7.53. The van der Waals surface area contributed by atoms with Crippen molar-refractivity contribution in [2.24, 2.45) is 0 Å². The van der Waals surface area contributed by atoms with Crippen LogP contribution in [-0.4, -0.2) is 49.7 Å². The molecule has 4 nitrogen and oxygen atoms in total. The maximum atomic E-state index is 9.16. The second-order valence-corrected chi connectivity index (χ2v) is 3.01. The van der Waals surface area contributed by atoms with Crippen LogP contribution >= 0.6 is 0 Å². The van der Waals surface area contributed by atoms with E-state index < -0.39 is 0 Å². The molecule has 1 heterocycles. The largest absolute Gasteiger partial charge is 0.392 e. The molecule has 0 saturated carbocycles. The summed E-state index contributed by atoms with van der Waals surface area (Å²) in [6.45, 7) is 2.90. The average Bonchev–Trinajstić information content (AvgIpc) is 2.45. The Morgan fingerprint density at radius 2 is 2.33 bits per heavy atom. The summed E-state index contributed by atoms with van der Waals surface area (Å²) in [4.78, 5) is 5.37. The van der Waals surface area contributed by atoms with E-state index in [2.05, 4.69) is 0 Å². The molecule has 0 aromatic rings. The van der Waals surface area contributed by atoms with Crippen LogP contribution in [0.25, 0.3) is 0 Å². The number of hydroxylamine groups is 2. The number of aliphatic hydroxyl groups is 1. The van der Waals surface area contributed by atoms with E-state index >= 15 is 0 Å². The summed E-state index contributed by atoms with van der Waals surface area (Å²) >= 11 is 0. The van der Waals surface area contributed by atoms with Crippen LogP contribution in [0.1, 0.15) is 12.8 Å². The van der Waals surface area contributed by atoms with Gasteiger partial charge in [-0.2, -0.15) is 5.06 Å². The summed E-state index contributed by atoms with van der Waals surface area (Å²) in [5, 5.41) is 11.0. The SMILES string of the molecule is COCCCON1CCC(O)C1. The summed E-state index contributed by atoms with van der Waals surface area (Å²) < 4.78 is 4.88. The van der Waals surface area contributed by atoms with Crippen LogP contribution in [0.15, 0.2) is 0 Å². The van der Waals surface area contributed by atoms with Crippen molar-refractivity contribution in [1.82, 2.24) is 5.06 Å². The number of hydrogen-bond acceptors (Lipinski definition) is 4. The molecule has 0 bridgehead atoms. The molecular formula is C8H17NO3. The molecule has 4 heteroatoms. The van der Waals surface area contributed by atoms with Gasteiger partial charge in [-0.15, -0.1) is 0 Å². The lowest BCUT2D eigenvalue weighted by atomic mass is 10.3. The molecule has 0 spiro atoms. The third-order valence-corrected chi connectivity index (χ3v) is 1.89. The van der Waals surface area contributed by atoms with Crippen LogP contribution in [0.2, 0.25) is 0 Å². The molecule has 0 aromatic carbocycles. The topological polar surface area (TPSA) is 41.9 Å². The van der Waals surface area contributed by atoms with Crippen LogP contribution in [-0.2, 0) is 9.57 Å². The Morgan fingerprint density at radius 1 is 1.50 bits per heavy atom. The Balaban J connectivity index is 1.93. The Morgan fingerprint density at radius 3 is 2.92 bits per heavy atom. The molecule has 72 valence electrons. The van der Waals surface area contributed by atoms with Crippen molar-refractivity contribution < 1.29 is 14.7 Å². The van der Waals surface area contributed by atoms with Crippen molar-refractivity contribution in [1.29, 1.82) is 0 Å². The lowest BCUT2D eigenvalue weighted by molar-refractivity contribution is -0.150. The summed E-state index contributed by atoms with van der Waals surface area (Å²) in [6, 6.07) is 0. The van der Waals surface area contributed by atoms with Gasteiger partial charge in [0, 0.05) is 20.3 Å². The molecule has 1 N–H and O–H groups in total. The zero-order valence-corrected chi connectivity index (χ0v) is 7.53. The van der Waals surface area contributed by atoms with Crippen molar-refractivity contribution in [3.63, 3.8) is 0 Å². The van der Waals surface area contributed by atoms with Crippen LogP contribution in [0.3, 0.4) is 0 Å². The van der Waals surface area contributed by atoms with Gasteiger partial charge in [0.1, 0.15) is 0 Å². The molecule has 1 fully saturated rings. The van der Waals surface area contributed by atoms with E-state index in [1.54, 1.807) is 7.11 Å². The summed E-state index contributed by atoms with van der Waals surface area (Å²) in [5.74, 6) is 0. The first kappa shape index (κ1) is 9.92. The second-order valence-electron chi connectivity index (χ2n) is 3.01. The molecule has 0 aromatic heterocycles. The van der Waals surface area contributed by atoms with Crippen molar-refractivity contribution in [3.05, 3.63) is 0 Å². The third kappa shape index (κ3) is 3.49. The fourth-order valence-corrected chi connectivity index (χ4v) is 1.22. The van der Waals surface area contributed by atoms with Gasteiger partial charge in [-0.1, -0.05) is 0 Å². The van der Waals surface area contributed by atoms with Gasteiger partial charge in [-0.05, 0) is 12.8 Å². The van der Waals surface area contributed by atoms with Crippen molar-refractivity contribution in [2.75, 3.05) is 33.4 Å². The number of methoxy groups -OCH3 is 1. The summed E-state index contributed by atoms with van der Waals surface area (Å²) in [7, 11) is 1.68. The third-order valence-electron chi connectivity index (χ3n) is 1.89. The highest BCUT2D eigenvalue weighted by Crippen LogP contribution is 2.08. The molecule has 0 radical (unpaired) electrons. The van der Waals surface area contributed by atoms with E-state index in [9.17, 15) is 0 Å². The standard InChI is InChI=1S/C8H17NO3/c1-11-5-2-6-12-9-4-3-8(10)7-9/h8,10H,2-7H2,1H3. The first-order valence-corrected chi connectivity index (χ1v) is 4.38. The number of rotatable bonds is 5. The van der Waals surface area contributed by atoms with Gasteiger partial charge in [0.25, 0.3) is 0 Å². The molecule has 1 rings (SSSR count). The first-order valence-electron chi connectivity index (χ1n) is 4.38. The maximum absolute atomic E-state index is 9.16. The molecule has 1 atom stereocenters. The smallest absolute Gasteiger partial charge is 0.0707 e. The maximum Gasteiger partial charge on any atom is 0.0707 e. The molecule has 1 aliphatic rings. The number of hydrogen-bond donors (Lipinski definition) is 1. The summed E-state index contributed by atoms with van der Waals surface area (Å²) in [6.07, 6.45) is 1.53. The predicted octanol–water partition coefficient (Wildman–Crippen LogP) is 0.0211. The van der Waals surface area contributed by atoms with Crippen LogP contribution in [0, 0.1) is 0 Å². The van der Waals surface area contributed by atoms with E-state index in [-0.39, 0.29) is 6.10 Å². The lowest BCUT2D eigenvalue weighted by Crippen LogP contribution is -2.23. The minimum absolute atomic E-state index is 0.201. The average molecular weight is 175 g/mol. The minimum Gasteiger partial charge on any atom is -0.392 e. The molecule has 1 unspecified atom stereocenters. The fraction of sp³-hybridized carbons (Fsp3) is 1.00. The Bertz CT molecular complexity index is 121. The first-order chi connectivity index (χ1) is 5.83. The fourth-order valence-electron chi connectivity index (χ4n) is 1.22. The Hall–Kier alpha value is -0.160. The highest BCUT2D eigenvalue weighted by Gasteiger charge is 2.20. The highest BCUT2D eigenvalue weighted by molar-refractivity contribution is 4.68. The van der Waals surface area contributed by atoms with E-state index in [4.69, 9.17) is 14.7 Å². The predicted molar refractivity (Wildman–Crippen MR) is 44.6 cm³/mol. The molecule has 1 saturated heterocycles. The quantitative estimate of drug-likeness (QED) is 0.598. The van der Waals surface area contributed by atoms with Gasteiger partial charge >= 0.3 is 0 Å². The zero-order chi connectivity index (χ0) is 8.81. The molecule has 0 aliphatic carbocycles. The highest BCUT2D eigenvalue weighted by atomic mass is 16.7. The minimum atomic E-state index is -0.201. The Labute approximate surface area is 73.0 Å². The van der Waals surface area contributed by atoms with Crippen molar-refractivity contribution in [2.45, 2.75) is 18.9 Å². The van der Waals surface area contributed by atoms with Crippen molar-refractivity contribution >= 4 is 0 Å². The number of nitrogens with zero attached hydrogens (tertiary/aromatic N) is 1. The van der Waals surface area contributed by atoms with Gasteiger partial charge in [0.05, 0.1) is 19.3 Å². The van der Waals surface area contributed by atoms with E-state index in [1.807, 2.05) is 5.06 Å². The normalized spacial score (nSPS) is 25.0. The summed E-state index contributed by atoms with van der Waals surface area (Å²) in [5.41, 5.74) is 0. The van der Waals surface area contributed by atoms with Crippen LogP contribution in [0.4, 0.5) is 0 Å². The van der Waals surface area contributed by atoms with Gasteiger partial charge in [-0.25, -0.2) is 0 Å². The lowest BCUT2D eigenvalue weighted by Gasteiger charge is -2.14. The number of ether oxygens (including phenoxy) is 1. The van der Waals surface area contributed by atoms with E-state index in [0.717, 1.165) is 26.0 Å². The van der Waals surface area contributed by atoms with E-state index in [0.29, 0.717) is 13.2 Å². The van der Waals surface area contributed by atoms with Gasteiger partial charge in [0.2, 0.25) is 0 Å². The molecule has 1 aliphatic heterocycles. The second kappa shape index (κ2) is 5.48. The Kier molecular flexibility index (Phi) is 4.53. The monoisotopic (exact) mass is 175 g/mol. The van der Waals surface area contributed by atoms with Crippen molar-refractivity contribution in [3.8, 4) is 0 Å². The van der Waals surface area contributed by atoms with E-state index in [1.165, 1.54) is 0 Å². The molecule has 0 amide bonds. The van der Waals surface area contributed by atoms with Gasteiger partial charge < -0.3 is 9.84 Å².